The molecule has 0 aliphatic carbocycles. The number of carboxylic acid groups (broad SMARTS) is 1. The Kier molecular flexibility index (Phi) is 4.29. The third-order valence-corrected chi connectivity index (χ3v) is 6.00. The molecule has 0 aliphatic rings. The molecule has 2 aromatic carbocycles. The number of benzene rings is 2. The highest BCUT2D eigenvalue weighted by Gasteiger charge is 2.12. The van der Waals surface area contributed by atoms with Gasteiger partial charge in [-0.25, -0.2) is 9.78 Å². The summed E-state index contributed by atoms with van der Waals surface area (Å²) in [6.45, 7) is 0. The summed E-state index contributed by atoms with van der Waals surface area (Å²) in [5.41, 5.74) is 3.47. The van der Waals surface area contributed by atoms with Gasteiger partial charge in [0.2, 0.25) is 0 Å². The number of carbonyl (C=O) groups is 1. The highest BCUT2D eigenvalue weighted by Crippen LogP contribution is 2.32. The van der Waals surface area contributed by atoms with E-state index in [4.69, 9.17) is 4.98 Å². The normalized spacial score (nSPS) is 11.0. The molecule has 6 heteroatoms. The lowest BCUT2D eigenvalue weighted by molar-refractivity contribution is 0.0693. The number of nitrogens with one attached hydrogen (secondary N) is 1. The van der Waals surface area contributed by atoms with Crippen LogP contribution in [0.2, 0.25) is 0 Å². The van der Waals surface area contributed by atoms with E-state index in [9.17, 15) is 9.90 Å². The number of rotatable bonds is 5. The van der Waals surface area contributed by atoms with E-state index in [0.717, 1.165) is 32.1 Å². The molecule has 0 unspecified atom stereocenters. The van der Waals surface area contributed by atoms with Crippen LogP contribution in [0.1, 0.15) is 15.4 Å². The molecule has 2 aromatic heterocycles. The average Bonchev–Trinajstić information content (AvgIpc) is 3.26. The Bertz CT molecular complexity index is 1050. The van der Waals surface area contributed by atoms with E-state index in [1.54, 1.807) is 23.5 Å². The summed E-state index contributed by atoms with van der Waals surface area (Å²) in [6.07, 6.45) is 1.98. The first-order chi connectivity index (χ1) is 12.2. The van der Waals surface area contributed by atoms with E-state index in [1.165, 1.54) is 11.8 Å². The summed E-state index contributed by atoms with van der Waals surface area (Å²) in [7, 11) is 0. The zero-order valence-corrected chi connectivity index (χ0v) is 14.7. The fourth-order valence-corrected chi connectivity index (χ4v) is 4.55. The van der Waals surface area contributed by atoms with Crippen LogP contribution in [0.5, 0.6) is 0 Å². The summed E-state index contributed by atoms with van der Waals surface area (Å²) in [4.78, 5) is 20.0. The van der Waals surface area contributed by atoms with Crippen molar-refractivity contribution in [2.45, 2.75) is 10.6 Å². The topological polar surface area (TPSA) is 66.0 Å². The molecule has 25 heavy (non-hydrogen) atoms. The highest BCUT2D eigenvalue weighted by atomic mass is 32.2. The fourth-order valence-electron chi connectivity index (χ4n) is 2.69. The molecule has 4 aromatic rings. The van der Waals surface area contributed by atoms with Gasteiger partial charge in [0.15, 0.2) is 0 Å². The second-order valence-electron chi connectivity index (χ2n) is 5.46. The molecule has 0 aliphatic heterocycles. The molecule has 2 heterocycles. The van der Waals surface area contributed by atoms with E-state index in [0.29, 0.717) is 11.3 Å². The van der Waals surface area contributed by atoms with Crippen LogP contribution in [-0.2, 0) is 5.75 Å². The number of thiazole rings is 1. The van der Waals surface area contributed by atoms with E-state index in [-0.39, 0.29) is 0 Å². The summed E-state index contributed by atoms with van der Waals surface area (Å²) in [6, 6.07) is 15.2. The van der Waals surface area contributed by atoms with Gasteiger partial charge in [0.05, 0.1) is 17.0 Å². The van der Waals surface area contributed by atoms with Gasteiger partial charge in [-0.1, -0.05) is 30.3 Å². The van der Waals surface area contributed by atoms with E-state index >= 15 is 0 Å². The lowest BCUT2D eigenvalue weighted by atomic mass is 10.1. The van der Waals surface area contributed by atoms with Crippen molar-refractivity contribution in [3.05, 3.63) is 70.7 Å². The Morgan fingerprint density at radius 2 is 1.96 bits per heavy atom. The Morgan fingerprint density at radius 3 is 2.84 bits per heavy atom. The minimum Gasteiger partial charge on any atom is -0.478 e. The molecule has 0 saturated carbocycles. The van der Waals surface area contributed by atoms with Crippen LogP contribution in [0, 0.1) is 0 Å². The van der Waals surface area contributed by atoms with Crippen molar-refractivity contribution in [2.24, 2.45) is 0 Å². The Morgan fingerprint density at radius 1 is 1.16 bits per heavy atom. The summed E-state index contributed by atoms with van der Waals surface area (Å²) >= 11 is 3.10. The van der Waals surface area contributed by atoms with Crippen LogP contribution in [0.15, 0.2) is 65.0 Å². The molecule has 0 amide bonds. The molecule has 0 saturated heterocycles. The molecular formula is C19H14N2O2S2. The number of carboxylic acids is 1. The van der Waals surface area contributed by atoms with Crippen molar-refractivity contribution in [3.63, 3.8) is 0 Å². The van der Waals surface area contributed by atoms with Gasteiger partial charge in [-0.05, 0) is 18.2 Å². The molecule has 0 radical (unpaired) electrons. The molecule has 0 bridgehead atoms. The number of aromatic carboxylic acids is 1. The SMILES string of the molecule is O=C(O)c1ccccc1SCc1nc(-c2c[nH]c3ccccc23)cs1. The Balaban J connectivity index is 1.56. The van der Waals surface area contributed by atoms with Crippen LogP contribution in [-0.4, -0.2) is 21.0 Å². The van der Waals surface area contributed by atoms with Crippen molar-refractivity contribution in [1.29, 1.82) is 0 Å². The average molecular weight is 366 g/mol. The Hall–Kier alpha value is -2.57. The van der Waals surface area contributed by atoms with Gasteiger partial charge in [0.25, 0.3) is 0 Å². The highest BCUT2D eigenvalue weighted by molar-refractivity contribution is 7.98. The van der Waals surface area contributed by atoms with Gasteiger partial charge in [0.1, 0.15) is 5.01 Å². The molecule has 2 N–H and O–H groups in total. The molecule has 0 spiro atoms. The van der Waals surface area contributed by atoms with Crippen LogP contribution in [0.3, 0.4) is 0 Å². The number of aromatic nitrogens is 2. The van der Waals surface area contributed by atoms with E-state index < -0.39 is 5.97 Å². The van der Waals surface area contributed by atoms with Gasteiger partial charge in [-0.3, -0.25) is 0 Å². The van der Waals surface area contributed by atoms with Gasteiger partial charge in [-0.15, -0.1) is 23.1 Å². The fraction of sp³-hybridized carbons (Fsp3) is 0.0526. The first kappa shape index (κ1) is 15.9. The number of thioether (sulfide) groups is 1. The van der Waals surface area contributed by atoms with E-state index in [1.807, 2.05) is 36.5 Å². The lowest BCUT2D eigenvalue weighted by Crippen LogP contribution is -1.98. The Labute approximate surface area is 152 Å². The van der Waals surface area contributed by atoms with Crippen LogP contribution >= 0.6 is 23.1 Å². The number of aromatic amines is 1. The first-order valence-corrected chi connectivity index (χ1v) is 9.55. The summed E-state index contributed by atoms with van der Waals surface area (Å²) in [5.74, 6) is -0.251. The lowest BCUT2D eigenvalue weighted by Gasteiger charge is -2.03. The second-order valence-corrected chi connectivity index (χ2v) is 7.42. The quantitative estimate of drug-likeness (QED) is 0.472. The van der Waals surface area contributed by atoms with Gasteiger partial charge in [-0.2, -0.15) is 0 Å². The largest absolute Gasteiger partial charge is 0.478 e. The van der Waals surface area contributed by atoms with Crippen LogP contribution in [0.4, 0.5) is 0 Å². The van der Waals surface area contributed by atoms with Crippen LogP contribution < -0.4 is 0 Å². The third kappa shape index (κ3) is 3.18. The number of fused-ring (bicyclic) bond motifs is 1. The maximum atomic E-state index is 11.3. The van der Waals surface area contributed by atoms with E-state index in [2.05, 4.69) is 16.4 Å². The zero-order valence-electron chi connectivity index (χ0n) is 13.1. The molecule has 4 rings (SSSR count). The zero-order chi connectivity index (χ0) is 17.2. The number of nitrogens with zero attached hydrogens (tertiary/aromatic N) is 1. The van der Waals surface area contributed by atoms with Crippen molar-refractivity contribution in [3.8, 4) is 11.3 Å². The standard InChI is InChI=1S/C19H14N2O2S2/c22-19(23)13-6-2-4-8-17(13)24-11-18-21-16(10-25-18)14-9-20-15-7-3-1-5-12(14)15/h1-10,20H,11H2,(H,22,23). The predicted octanol–water partition coefficient (Wildman–Crippen LogP) is 5.28. The van der Waals surface area contributed by atoms with Crippen molar-refractivity contribution < 1.29 is 9.90 Å². The van der Waals surface area contributed by atoms with Gasteiger partial charge in [0, 0.05) is 32.9 Å². The van der Waals surface area contributed by atoms with Crippen molar-refractivity contribution in [1.82, 2.24) is 9.97 Å². The maximum absolute atomic E-state index is 11.3. The van der Waals surface area contributed by atoms with Crippen molar-refractivity contribution >= 4 is 40.0 Å². The van der Waals surface area contributed by atoms with Crippen molar-refractivity contribution in [2.75, 3.05) is 0 Å². The molecule has 0 fully saturated rings. The van der Waals surface area contributed by atoms with Crippen LogP contribution in [0.25, 0.3) is 22.2 Å². The maximum Gasteiger partial charge on any atom is 0.336 e. The first-order valence-electron chi connectivity index (χ1n) is 7.68. The minimum absolute atomic E-state index is 0.334. The smallest absolute Gasteiger partial charge is 0.336 e. The number of hydrogen-bond acceptors (Lipinski definition) is 4. The summed E-state index contributed by atoms with van der Waals surface area (Å²) < 4.78 is 0. The monoisotopic (exact) mass is 366 g/mol. The number of para-hydroxylation sites is 1. The predicted molar refractivity (Wildman–Crippen MR) is 102 cm³/mol. The number of hydrogen-bond donors (Lipinski definition) is 2. The minimum atomic E-state index is -0.901. The van der Waals surface area contributed by atoms with Gasteiger partial charge >= 0.3 is 5.97 Å². The third-order valence-electron chi connectivity index (χ3n) is 3.89. The van der Waals surface area contributed by atoms with Gasteiger partial charge < -0.3 is 10.1 Å². The molecule has 0 atom stereocenters. The molecular weight excluding hydrogens is 352 g/mol. The summed E-state index contributed by atoms with van der Waals surface area (Å²) in [5, 5.41) is 13.4. The number of H-pyrrole nitrogens is 1. The molecule has 4 nitrogen and oxygen atoms in total. The molecule has 124 valence electrons. The second kappa shape index (κ2) is 6.74.